The van der Waals surface area contributed by atoms with Gasteiger partial charge >= 0.3 is 0 Å². The fourth-order valence-corrected chi connectivity index (χ4v) is 13.9. The molecule has 0 radical (unpaired) electrons. The van der Waals surface area contributed by atoms with Crippen LogP contribution in [-0.4, -0.2) is 288 Å². The van der Waals surface area contributed by atoms with Crippen molar-refractivity contribution in [2.24, 2.45) is 103 Å². The Morgan fingerprint density at radius 2 is 0.738 bits per heavy atom. The van der Waals surface area contributed by atoms with Crippen molar-refractivity contribution in [1.29, 1.82) is 43.3 Å². The minimum Gasteiger partial charge on any atom is -0.497 e. The SMILES string of the molecule is C[n+]1c(C=C2C=CN(CCCCCC(O)=NCC(O)=N[C@H](CCCNC(=N)N)C(O)=N[C@H](CCCCN)C(O)=N[C@H](CCCCN)C(O)=N[C@H](CCCNC(=N)N)C(O)=N[C@H](CCCNC(=N)N)C(O)=N[C@H](CCC(=N)O)C(O)=N[C@H](CCCNC(=N)N)C(O)=N[C@H](CCCNC(=N)N)C(O)=N[C@H](CCCNC(=N)N)C(=N)O)c3ccccc32)sc2ccccc21. The maximum absolute atomic E-state index is 12.2. The molecule has 126 heavy (non-hydrogen) atoms. The maximum atomic E-state index is 12.2. The molecular formula is C79H133N34O12S+. The van der Waals surface area contributed by atoms with E-state index in [9.17, 15) is 61.3 Å². The highest BCUT2D eigenvalue weighted by Gasteiger charge is 2.31. The van der Waals surface area contributed by atoms with Gasteiger partial charge in [0.25, 0.3) is 5.01 Å². The number of para-hydroxylation sites is 2. The van der Waals surface area contributed by atoms with Crippen molar-refractivity contribution >= 4 is 145 Å². The van der Waals surface area contributed by atoms with Crippen LogP contribution in [-0.2, 0) is 7.05 Å². The molecule has 2 aromatic carbocycles. The van der Waals surface area contributed by atoms with E-state index in [0.717, 1.165) is 40.2 Å². The quantitative estimate of drug-likeness (QED) is 0.0157. The van der Waals surface area contributed by atoms with E-state index in [1.54, 1.807) is 11.3 Å². The van der Waals surface area contributed by atoms with Crippen molar-refractivity contribution in [2.75, 3.05) is 70.3 Å². The van der Waals surface area contributed by atoms with Crippen LogP contribution in [0, 0.1) is 43.3 Å². The smallest absolute Gasteiger partial charge is 0.263 e. The number of fused-ring (bicyclic) bond motifs is 2. The zero-order valence-electron chi connectivity index (χ0n) is 71.3. The average Bonchev–Trinajstić information content (AvgIpc) is 1.58. The lowest BCUT2D eigenvalue weighted by molar-refractivity contribution is -0.642. The summed E-state index contributed by atoms with van der Waals surface area (Å²) in [4.78, 5) is 45.8. The summed E-state index contributed by atoms with van der Waals surface area (Å²) in [6, 6.07) is 3.27. The Hall–Kier alpha value is -13.2. The van der Waals surface area contributed by atoms with Gasteiger partial charge < -0.3 is 144 Å². The van der Waals surface area contributed by atoms with Crippen LogP contribution < -0.4 is 87.2 Å². The Labute approximate surface area is 736 Å². The normalized spacial score (nSPS) is 15.9. The summed E-state index contributed by atoms with van der Waals surface area (Å²) in [6.45, 7) is 1.02. The molecule has 1 aliphatic rings. The zero-order valence-corrected chi connectivity index (χ0v) is 72.2. The molecule has 42 N–H and O–H groups in total. The van der Waals surface area contributed by atoms with E-state index in [1.165, 1.54) is 4.70 Å². The van der Waals surface area contributed by atoms with Gasteiger partial charge in [-0.05, 0) is 172 Å². The second-order valence-corrected chi connectivity index (χ2v) is 30.6. The molecule has 4 rings (SSSR count). The molecule has 0 bridgehead atoms. The summed E-state index contributed by atoms with van der Waals surface area (Å²) < 4.78 is 3.40. The van der Waals surface area contributed by atoms with Crippen molar-refractivity contribution in [2.45, 2.75) is 208 Å². The predicted molar refractivity (Wildman–Crippen MR) is 503 cm³/mol. The summed E-state index contributed by atoms with van der Waals surface area (Å²) in [5, 5.41) is 217. The number of rotatable bonds is 62. The molecule has 0 unspecified atom stereocenters. The first-order chi connectivity index (χ1) is 60.1. The summed E-state index contributed by atoms with van der Waals surface area (Å²) >= 11 is 1.73. The van der Waals surface area contributed by atoms with Gasteiger partial charge in [-0.25, -0.2) is 49.9 Å². The first kappa shape index (κ1) is 105. The van der Waals surface area contributed by atoms with E-state index in [1.807, 2.05) is 24.3 Å². The summed E-state index contributed by atoms with van der Waals surface area (Å²) in [7, 11) is 2.07. The zero-order chi connectivity index (χ0) is 93.0. The van der Waals surface area contributed by atoms with Crippen LogP contribution in [0.3, 0.4) is 0 Å². The van der Waals surface area contributed by atoms with E-state index in [2.05, 4.69) is 141 Å². The number of unbranched alkanes of at least 4 members (excludes halogenated alkanes) is 4. The number of nitrogens with zero attached hydrogens (tertiary/aromatic N) is 12. The van der Waals surface area contributed by atoms with Gasteiger partial charge in [0.2, 0.25) is 64.5 Å². The number of aliphatic hydroxyl groups is 12. The summed E-state index contributed by atoms with van der Waals surface area (Å²) in [5.74, 6) is -11.4. The lowest BCUT2D eigenvalue weighted by Crippen LogP contribution is -2.34. The fraction of sp³-hybridized carbons (Fsp3) is 0.557. The number of aryl methyl sites for hydroxylation is 1. The van der Waals surface area contributed by atoms with E-state index in [0.29, 0.717) is 32.2 Å². The van der Waals surface area contributed by atoms with Crippen LogP contribution in [0.15, 0.2) is 111 Å². The van der Waals surface area contributed by atoms with Crippen LogP contribution in [0.25, 0.3) is 21.9 Å². The van der Waals surface area contributed by atoms with Gasteiger partial charge in [0.1, 0.15) is 72.7 Å². The summed E-state index contributed by atoms with van der Waals surface area (Å²) in [5.41, 5.74) is 49.5. The molecule has 0 fully saturated rings. The Morgan fingerprint density at radius 3 is 1.10 bits per heavy atom. The second-order valence-electron chi connectivity index (χ2n) is 29.6. The summed E-state index contributed by atoms with van der Waals surface area (Å²) in [6.07, 6.45) is 9.07. The second kappa shape index (κ2) is 58.0. The topological polar surface area (TPSA) is 845 Å². The number of allylic oxidation sites excluding steroid dienone is 2. The van der Waals surface area contributed by atoms with Crippen molar-refractivity contribution in [3.63, 3.8) is 0 Å². The fourth-order valence-electron chi connectivity index (χ4n) is 12.8. The molecule has 0 saturated carbocycles. The van der Waals surface area contributed by atoms with Gasteiger partial charge in [-0.1, -0.05) is 48.1 Å². The highest BCUT2D eigenvalue weighted by molar-refractivity contribution is 7.18. The number of anilines is 1. The minimum absolute atomic E-state index is 0.00560. The molecule has 9 atom stereocenters. The predicted octanol–water partition coefficient (Wildman–Crippen LogP) is 4.73. The van der Waals surface area contributed by atoms with Gasteiger partial charge in [0.15, 0.2) is 47.6 Å². The van der Waals surface area contributed by atoms with Gasteiger partial charge in [-0.3, -0.25) is 43.3 Å². The van der Waals surface area contributed by atoms with E-state index in [-0.39, 0.29) is 179 Å². The van der Waals surface area contributed by atoms with Gasteiger partial charge in [-0.2, -0.15) is 4.57 Å². The number of guanidine groups is 6. The minimum atomic E-state index is -1.71. The Morgan fingerprint density at radius 1 is 0.397 bits per heavy atom. The third-order valence-electron chi connectivity index (χ3n) is 19.4. The maximum Gasteiger partial charge on any atom is 0.263 e. The van der Waals surface area contributed by atoms with Gasteiger partial charge in [-0.15, -0.1) is 0 Å². The number of aliphatic imine (C=N–C) groups is 10. The molecule has 3 aromatic rings. The first-order valence-electron chi connectivity index (χ1n) is 41.8. The van der Waals surface area contributed by atoms with Crippen molar-refractivity contribution in [3.05, 3.63) is 71.4 Å². The van der Waals surface area contributed by atoms with Crippen LogP contribution in [0.5, 0.6) is 0 Å². The average molecular weight is 1780 g/mol. The van der Waals surface area contributed by atoms with Gasteiger partial charge in [0.05, 0.1) is 0 Å². The monoisotopic (exact) mass is 1780 g/mol. The molecule has 2 heterocycles. The Kier molecular flexibility index (Phi) is 48.4. The molecule has 46 nitrogen and oxygen atoms in total. The number of aromatic nitrogens is 1. The number of nitrogens with two attached hydrogens (primary N) is 8. The number of benzene rings is 2. The molecule has 1 aliphatic heterocycles. The molecule has 1 aromatic heterocycles. The molecule has 0 aliphatic carbocycles. The lowest BCUT2D eigenvalue weighted by atomic mass is 9.99. The van der Waals surface area contributed by atoms with E-state index < -0.39 is 157 Å². The van der Waals surface area contributed by atoms with Crippen molar-refractivity contribution in [1.82, 2.24) is 31.9 Å². The van der Waals surface area contributed by atoms with Crippen LogP contribution in [0.4, 0.5) is 5.69 Å². The highest BCUT2D eigenvalue weighted by Crippen LogP contribution is 2.35. The number of hydrogen-bond acceptors (Lipinski definition) is 22. The van der Waals surface area contributed by atoms with E-state index >= 15 is 0 Å². The standard InChI is InChI=1S/C79H132N34O12S/c1-112-59-29-6-7-30-60(59)126-64(112)45-47-34-44-113(58-28-5-4-19-48(47)58)43-12-2-3-31-62(115)102-46-63(116)103-50(23-14-38-97-75(86)87)66(118)105-51(20-8-10-35-80)68(120)106-52(21-9-11-36-81)69(121)108-54(25-16-40-99-77(90)91)70(122)109-56(27-18-42-101-79(94)95)72(124)111-57(32-33-61(82)114)73(125)110-55(26-17-41-100-78(92)93)71(123)107-53(24-15-39-98-76(88)89)67(119)104-49(65(83)117)22-13-37-96-74(84)85/h4-7,19,28-30,34,44-45,49-57H,2-3,8-18,20-27,31-33,35-43,46,80-81H2,1H3,(H37-,82,83,84,85,86,87,88,89,90,91,92,93,94,95,96,97,98,99,100,101,102,103,104,105,106,107,108,109,110,111,114,115,116,117,118,119,120,121,122,123,124,125)/p+1/t49-,50-,51-,52-,53-,54-,55-,56-,57-/m1/s1. The van der Waals surface area contributed by atoms with Gasteiger partial charge in [0, 0.05) is 88.2 Å². The molecule has 696 valence electrons. The van der Waals surface area contributed by atoms with E-state index in [4.69, 9.17) is 89.1 Å². The van der Waals surface area contributed by atoms with Crippen LogP contribution >= 0.6 is 11.3 Å². The Bertz CT molecular complexity index is 4410. The molecule has 0 spiro atoms. The number of thiazole rings is 1. The van der Waals surface area contributed by atoms with Crippen LogP contribution in [0.2, 0.25) is 0 Å². The number of aliphatic hydroxyl groups excluding tert-OH is 12. The third-order valence-corrected chi connectivity index (χ3v) is 20.5. The largest absolute Gasteiger partial charge is 0.497 e. The van der Waals surface area contributed by atoms with Crippen LogP contribution in [0.1, 0.15) is 165 Å². The number of hydrogen-bond donors (Lipinski definition) is 34. The van der Waals surface area contributed by atoms with Crippen molar-refractivity contribution in [3.8, 4) is 0 Å². The van der Waals surface area contributed by atoms with Crippen molar-refractivity contribution < 1.29 is 65.8 Å². The lowest BCUT2D eigenvalue weighted by Gasteiger charge is -2.27. The first-order valence-corrected chi connectivity index (χ1v) is 42.6. The molecule has 0 saturated heterocycles. The number of nitrogens with one attached hydrogen (secondary N) is 14. The molecule has 0 amide bonds. The molecule has 47 heteroatoms. The Balaban J connectivity index is 1.77. The molecular weight excluding hydrogens is 1650 g/mol. The highest BCUT2D eigenvalue weighted by atomic mass is 32.1. The third kappa shape index (κ3) is 41.3.